The van der Waals surface area contributed by atoms with Crippen LogP contribution in [0.3, 0.4) is 0 Å². The van der Waals surface area contributed by atoms with Crippen LogP contribution in [0.5, 0.6) is 0 Å². The number of nitrogens with one attached hydrogen (secondary N) is 1. The van der Waals surface area contributed by atoms with E-state index in [1.807, 2.05) is 24.1 Å². The van der Waals surface area contributed by atoms with Crippen molar-refractivity contribution < 1.29 is 4.74 Å². The van der Waals surface area contributed by atoms with Crippen molar-refractivity contribution in [3.63, 3.8) is 0 Å². The number of hydrogen-bond donors (Lipinski definition) is 1. The number of rotatable bonds is 5. The summed E-state index contributed by atoms with van der Waals surface area (Å²) in [6.07, 6.45) is 3.90. The van der Waals surface area contributed by atoms with Crippen molar-refractivity contribution in [2.45, 2.75) is 32.4 Å². The molecule has 0 spiro atoms. The fraction of sp³-hybridized carbons (Fsp3) is 0.727. The molecule has 0 aliphatic rings. The minimum absolute atomic E-state index is 0.168. The van der Waals surface area contributed by atoms with Crippen molar-refractivity contribution in [1.82, 2.24) is 15.1 Å². The van der Waals surface area contributed by atoms with E-state index in [2.05, 4.69) is 31.2 Å². The monoisotopic (exact) mass is 211 g/mol. The van der Waals surface area contributed by atoms with Crippen LogP contribution in [0.4, 0.5) is 0 Å². The minimum Gasteiger partial charge on any atom is -0.377 e. The quantitative estimate of drug-likeness (QED) is 0.802. The fourth-order valence-corrected chi connectivity index (χ4v) is 1.68. The zero-order valence-corrected chi connectivity index (χ0v) is 10.2. The number of aryl methyl sites for hydroxylation is 1. The molecule has 4 heteroatoms. The van der Waals surface area contributed by atoms with E-state index < -0.39 is 0 Å². The molecule has 0 radical (unpaired) electrons. The molecule has 0 saturated carbocycles. The van der Waals surface area contributed by atoms with Crippen molar-refractivity contribution >= 4 is 0 Å². The molecular formula is C11H21N3O. The first-order valence-electron chi connectivity index (χ1n) is 5.28. The summed E-state index contributed by atoms with van der Waals surface area (Å²) in [5.41, 5.74) is 0.921. The minimum atomic E-state index is -0.237. The van der Waals surface area contributed by atoms with Gasteiger partial charge in [-0.25, -0.2) is 0 Å². The zero-order chi connectivity index (χ0) is 11.5. The Hall–Kier alpha value is -0.870. The van der Waals surface area contributed by atoms with Gasteiger partial charge in [0.2, 0.25) is 0 Å². The lowest BCUT2D eigenvalue weighted by atomic mass is 9.93. The predicted molar refractivity (Wildman–Crippen MR) is 60.7 cm³/mol. The van der Waals surface area contributed by atoms with Crippen molar-refractivity contribution in [2.75, 3.05) is 13.7 Å². The van der Waals surface area contributed by atoms with E-state index in [4.69, 9.17) is 4.74 Å². The predicted octanol–water partition coefficient (Wildman–Crippen LogP) is 1.50. The van der Waals surface area contributed by atoms with Crippen molar-refractivity contribution in [3.8, 4) is 0 Å². The third-order valence-corrected chi connectivity index (χ3v) is 2.69. The first-order valence-corrected chi connectivity index (χ1v) is 5.28. The summed E-state index contributed by atoms with van der Waals surface area (Å²) in [4.78, 5) is 0. The van der Waals surface area contributed by atoms with Crippen LogP contribution in [0.2, 0.25) is 0 Å². The van der Waals surface area contributed by atoms with E-state index in [0.717, 1.165) is 12.1 Å². The van der Waals surface area contributed by atoms with Gasteiger partial charge in [0.25, 0.3) is 0 Å². The third kappa shape index (κ3) is 2.79. The lowest BCUT2D eigenvalue weighted by Gasteiger charge is -2.33. The second kappa shape index (κ2) is 4.77. The SMILES string of the molecule is CCNC(c1cnn(C)c1)C(C)(C)OC. The van der Waals surface area contributed by atoms with E-state index >= 15 is 0 Å². The smallest absolute Gasteiger partial charge is 0.0817 e. The molecule has 15 heavy (non-hydrogen) atoms. The zero-order valence-electron chi connectivity index (χ0n) is 10.2. The van der Waals surface area contributed by atoms with Crippen LogP contribution in [0, 0.1) is 0 Å². The molecule has 86 valence electrons. The van der Waals surface area contributed by atoms with Gasteiger partial charge in [-0.1, -0.05) is 6.92 Å². The van der Waals surface area contributed by atoms with Crippen LogP contribution in [0.1, 0.15) is 32.4 Å². The van der Waals surface area contributed by atoms with Crippen LogP contribution in [-0.2, 0) is 11.8 Å². The molecule has 0 aliphatic carbocycles. The second-order valence-electron chi connectivity index (χ2n) is 4.25. The van der Waals surface area contributed by atoms with Crippen molar-refractivity contribution in [3.05, 3.63) is 18.0 Å². The largest absolute Gasteiger partial charge is 0.377 e. The summed E-state index contributed by atoms with van der Waals surface area (Å²) in [6.45, 7) is 7.15. The van der Waals surface area contributed by atoms with Gasteiger partial charge in [0, 0.05) is 25.9 Å². The molecule has 1 aromatic heterocycles. The number of nitrogens with zero attached hydrogens (tertiary/aromatic N) is 2. The van der Waals surface area contributed by atoms with Crippen LogP contribution in [-0.4, -0.2) is 29.0 Å². The number of aromatic nitrogens is 2. The van der Waals surface area contributed by atoms with Crippen molar-refractivity contribution in [2.24, 2.45) is 7.05 Å². The normalized spacial score (nSPS) is 14.2. The summed E-state index contributed by atoms with van der Waals surface area (Å²) in [5.74, 6) is 0. The number of likely N-dealkylation sites (N-methyl/N-ethyl adjacent to an activating group) is 1. The Morgan fingerprint density at radius 2 is 2.27 bits per heavy atom. The Kier molecular flexibility index (Phi) is 3.88. The van der Waals surface area contributed by atoms with Crippen LogP contribution < -0.4 is 5.32 Å². The fourth-order valence-electron chi connectivity index (χ4n) is 1.68. The molecule has 0 amide bonds. The van der Waals surface area contributed by atoms with Crippen LogP contribution >= 0.6 is 0 Å². The lowest BCUT2D eigenvalue weighted by molar-refractivity contribution is -0.0107. The van der Waals surface area contributed by atoms with Gasteiger partial charge in [0.15, 0.2) is 0 Å². The molecule has 0 aliphatic heterocycles. The summed E-state index contributed by atoms with van der Waals surface area (Å²) in [6, 6.07) is 0.168. The molecule has 0 fully saturated rings. The van der Waals surface area contributed by atoms with Gasteiger partial charge in [-0.05, 0) is 20.4 Å². The van der Waals surface area contributed by atoms with Gasteiger partial charge in [-0.3, -0.25) is 4.68 Å². The van der Waals surface area contributed by atoms with Crippen LogP contribution in [0.15, 0.2) is 12.4 Å². The maximum atomic E-state index is 5.52. The summed E-state index contributed by atoms with van der Waals surface area (Å²) in [5, 5.41) is 7.61. The van der Waals surface area contributed by atoms with E-state index in [1.165, 1.54) is 0 Å². The first kappa shape index (κ1) is 12.2. The highest BCUT2D eigenvalue weighted by atomic mass is 16.5. The Morgan fingerprint density at radius 3 is 2.67 bits per heavy atom. The molecule has 1 aromatic rings. The van der Waals surface area contributed by atoms with E-state index in [1.54, 1.807) is 7.11 Å². The number of methoxy groups -OCH3 is 1. The van der Waals surface area contributed by atoms with Gasteiger partial charge < -0.3 is 10.1 Å². The lowest BCUT2D eigenvalue weighted by Crippen LogP contribution is -2.40. The Labute approximate surface area is 91.6 Å². The highest BCUT2D eigenvalue weighted by molar-refractivity contribution is 5.14. The summed E-state index contributed by atoms with van der Waals surface area (Å²) >= 11 is 0. The molecule has 0 saturated heterocycles. The highest BCUT2D eigenvalue weighted by Crippen LogP contribution is 2.27. The van der Waals surface area contributed by atoms with Gasteiger partial charge >= 0.3 is 0 Å². The van der Waals surface area contributed by atoms with Crippen molar-refractivity contribution in [1.29, 1.82) is 0 Å². The maximum Gasteiger partial charge on any atom is 0.0817 e. The maximum absolute atomic E-state index is 5.52. The molecule has 1 N–H and O–H groups in total. The van der Waals surface area contributed by atoms with Gasteiger partial charge in [-0.2, -0.15) is 5.10 Å². The van der Waals surface area contributed by atoms with Gasteiger partial charge in [-0.15, -0.1) is 0 Å². The molecule has 1 rings (SSSR count). The molecule has 1 atom stereocenters. The van der Waals surface area contributed by atoms with Crippen LogP contribution in [0.25, 0.3) is 0 Å². The topological polar surface area (TPSA) is 39.1 Å². The highest BCUT2D eigenvalue weighted by Gasteiger charge is 2.30. The van der Waals surface area contributed by atoms with Gasteiger partial charge in [0.05, 0.1) is 17.8 Å². The standard InChI is InChI=1S/C11H21N3O/c1-6-12-10(11(2,3)15-5)9-7-13-14(4)8-9/h7-8,10,12H,6H2,1-5H3. The van der Waals surface area contributed by atoms with E-state index in [-0.39, 0.29) is 11.6 Å². The molecular weight excluding hydrogens is 190 g/mol. The first-order chi connectivity index (χ1) is 7.01. The summed E-state index contributed by atoms with van der Waals surface area (Å²) < 4.78 is 7.33. The number of ether oxygens (including phenoxy) is 1. The molecule has 1 heterocycles. The second-order valence-corrected chi connectivity index (χ2v) is 4.25. The Bertz CT molecular complexity index is 307. The Balaban J connectivity index is 2.92. The summed E-state index contributed by atoms with van der Waals surface area (Å²) in [7, 11) is 3.66. The molecule has 1 unspecified atom stereocenters. The Morgan fingerprint density at radius 1 is 1.60 bits per heavy atom. The van der Waals surface area contributed by atoms with E-state index in [9.17, 15) is 0 Å². The average molecular weight is 211 g/mol. The van der Waals surface area contributed by atoms with Gasteiger partial charge in [0.1, 0.15) is 0 Å². The average Bonchev–Trinajstić information content (AvgIpc) is 2.60. The molecule has 0 bridgehead atoms. The van der Waals surface area contributed by atoms with E-state index in [0.29, 0.717) is 0 Å². The number of hydrogen-bond acceptors (Lipinski definition) is 3. The third-order valence-electron chi connectivity index (χ3n) is 2.69. The molecule has 0 aromatic carbocycles. The molecule has 4 nitrogen and oxygen atoms in total.